The number of imide groups is 1. The molecule has 3 fully saturated rings. The van der Waals surface area contributed by atoms with E-state index in [9.17, 15) is 18.8 Å². The fraction of sp³-hybridized carbons (Fsp3) is 0.414. The van der Waals surface area contributed by atoms with Crippen LogP contribution in [0.4, 0.5) is 10.1 Å². The van der Waals surface area contributed by atoms with E-state index in [1.54, 1.807) is 11.8 Å². The first kappa shape index (κ1) is 23.4. The third kappa shape index (κ3) is 3.31. The lowest BCUT2D eigenvalue weighted by atomic mass is 9.68. The predicted molar refractivity (Wildman–Crippen MR) is 143 cm³/mol. The summed E-state index contributed by atoms with van der Waals surface area (Å²) in [6, 6.07) is 14.3. The van der Waals surface area contributed by atoms with Gasteiger partial charge in [-0.05, 0) is 65.0 Å². The van der Waals surface area contributed by atoms with Crippen LogP contribution in [0.1, 0.15) is 49.1 Å². The van der Waals surface area contributed by atoms with Gasteiger partial charge >= 0.3 is 4.87 Å². The molecule has 2 amide bonds. The molecule has 4 aliphatic rings. The summed E-state index contributed by atoms with van der Waals surface area (Å²) in [5.41, 5.74) is 2.89. The van der Waals surface area contributed by atoms with Crippen LogP contribution in [0.25, 0.3) is 0 Å². The summed E-state index contributed by atoms with van der Waals surface area (Å²) >= 11 is 2.97. The second-order valence-electron chi connectivity index (χ2n) is 11.8. The number of nitrogens with one attached hydrogen (secondary N) is 1. The molecule has 0 radical (unpaired) electrons. The van der Waals surface area contributed by atoms with Crippen molar-refractivity contribution in [1.82, 2.24) is 4.98 Å². The van der Waals surface area contributed by atoms with Gasteiger partial charge in [0.25, 0.3) is 0 Å². The summed E-state index contributed by atoms with van der Waals surface area (Å²) in [5, 5.41) is 1.07. The number of thiazole rings is 1. The van der Waals surface area contributed by atoms with Gasteiger partial charge in [-0.2, -0.15) is 0 Å². The van der Waals surface area contributed by atoms with Gasteiger partial charge in [-0.25, -0.2) is 4.39 Å². The SMILES string of the molecule is CC(C)(C)c1ccc([C@@H]2c3sc(=O)[nH]c3S[C@@H]3[C@H]4C[C@@H]([C@@H]5C(=O)N(c6ccc(F)cc6)C(=O)[C@H]45)[C@@H]23)cc1. The molecule has 2 aromatic carbocycles. The molecule has 8 heteroatoms. The first-order valence-corrected chi connectivity index (χ1v) is 14.5. The molecule has 2 bridgehead atoms. The third-order valence-corrected chi connectivity index (χ3v) is 11.5. The molecule has 1 aromatic heterocycles. The van der Waals surface area contributed by atoms with Gasteiger partial charge in [0, 0.05) is 16.0 Å². The van der Waals surface area contributed by atoms with Gasteiger partial charge in [0.2, 0.25) is 11.8 Å². The van der Waals surface area contributed by atoms with Crippen molar-refractivity contribution in [2.24, 2.45) is 29.6 Å². The lowest BCUT2D eigenvalue weighted by Gasteiger charge is -2.43. The molecule has 7 atom stereocenters. The number of fused-ring (bicyclic) bond motifs is 9. The number of amides is 2. The monoisotopic (exact) mass is 534 g/mol. The minimum atomic E-state index is -0.397. The minimum Gasteiger partial charge on any atom is -0.307 e. The molecule has 5 nitrogen and oxygen atoms in total. The van der Waals surface area contributed by atoms with E-state index < -0.39 is 5.82 Å². The Labute approximate surface area is 222 Å². The summed E-state index contributed by atoms with van der Waals surface area (Å²) in [6.45, 7) is 6.57. The number of carbonyl (C=O) groups excluding carboxylic acids is 2. The van der Waals surface area contributed by atoms with Crippen LogP contribution in [0.15, 0.2) is 58.4 Å². The molecule has 1 N–H and O–H groups in total. The number of aromatic amines is 1. The van der Waals surface area contributed by atoms with Crippen molar-refractivity contribution < 1.29 is 14.0 Å². The van der Waals surface area contributed by atoms with Gasteiger partial charge in [0.15, 0.2) is 0 Å². The third-order valence-electron chi connectivity index (χ3n) is 8.94. The van der Waals surface area contributed by atoms with Gasteiger partial charge in [0.05, 0.1) is 22.5 Å². The zero-order valence-electron chi connectivity index (χ0n) is 20.7. The number of benzene rings is 2. The van der Waals surface area contributed by atoms with Crippen LogP contribution in [0, 0.1) is 35.4 Å². The molecule has 37 heavy (non-hydrogen) atoms. The maximum Gasteiger partial charge on any atom is 0.305 e. The molecular formula is C29H27FN2O3S2. The normalized spacial score (nSPS) is 32.0. The number of anilines is 1. The Hall–Kier alpha value is -2.71. The number of thioether (sulfide) groups is 1. The molecular weight excluding hydrogens is 507 g/mol. The predicted octanol–water partition coefficient (Wildman–Crippen LogP) is 5.55. The number of rotatable bonds is 2. The van der Waals surface area contributed by atoms with E-state index in [4.69, 9.17) is 0 Å². The van der Waals surface area contributed by atoms with E-state index in [0.717, 1.165) is 21.9 Å². The molecule has 190 valence electrons. The summed E-state index contributed by atoms with van der Waals surface area (Å²) in [4.78, 5) is 45.2. The second kappa shape index (κ2) is 7.90. The van der Waals surface area contributed by atoms with Crippen molar-refractivity contribution in [2.75, 3.05) is 4.90 Å². The molecule has 0 unspecified atom stereocenters. The summed E-state index contributed by atoms with van der Waals surface area (Å²) in [7, 11) is 0. The van der Waals surface area contributed by atoms with Crippen LogP contribution in [0.2, 0.25) is 0 Å². The molecule has 0 spiro atoms. The molecule has 3 heterocycles. The number of carbonyl (C=O) groups is 2. The van der Waals surface area contributed by atoms with E-state index in [1.165, 1.54) is 46.1 Å². The average molecular weight is 535 g/mol. The zero-order valence-corrected chi connectivity index (χ0v) is 22.4. The Morgan fingerprint density at radius 1 is 0.919 bits per heavy atom. The van der Waals surface area contributed by atoms with Gasteiger partial charge < -0.3 is 4.98 Å². The van der Waals surface area contributed by atoms with Crippen LogP contribution in [0.3, 0.4) is 0 Å². The number of nitrogens with zero attached hydrogens (tertiary/aromatic N) is 1. The Bertz CT molecular complexity index is 1490. The standard InChI is InChI=1S/C29H27FN2O3S2/c1-29(2,3)14-6-4-13(5-7-14)19-20-17-12-18(23(20)36-25-24(19)37-28(35)31-25)22-21(17)26(33)32(27(22)34)16-10-8-15(30)9-11-16/h4-11,17-23H,12H2,1-3H3,(H,31,35)/t17-,18+,19+,20+,21+,22-,23-/m1/s1. The number of hydrogen-bond donors (Lipinski definition) is 1. The minimum absolute atomic E-state index is 0.0120. The number of hydrogen-bond acceptors (Lipinski definition) is 5. The van der Waals surface area contributed by atoms with Crippen molar-refractivity contribution in [3.8, 4) is 0 Å². The largest absolute Gasteiger partial charge is 0.307 e. The second-order valence-corrected chi connectivity index (χ2v) is 14.0. The van der Waals surface area contributed by atoms with Crippen LogP contribution in [-0.4, -0.2) is 22.0 Å². The highest BCUT2D eigenvalue weighted by Gasteiger charge is 2.69. The first-order valence-electron chi connectivity index (χ1n) is 12.8. The van der Waals surface area contributed by atoms with Crippen LogP contribution >= 0.6 is 23.1 Å². The van der Waals surface area contributed by atoms with E-state index in [1.807, 2.05) is 0 Å². The Morgan fingerprint density at radius 2 is 1.57 bits per heavy atom. The summed E-state index contributed by atoms with van der Waals surface area (Å²) < 4.78 is 13.5. The molecule has 3 aromatic rings. The van der Waals surface area contributed by atoms with E-state index in [2.05, 4.69) is 50.0 Å². The molecule has 1 saturated heterocycles. The quantitative estimate of drug-likeness (QED) is 0.438. The number of halogens is 1. The Kier molecular flexibility index (Phi) is 5.00. The van der Waals surface area contributed by atoms with Gasteiger partial charge in [-0.1, -0.05) is 56.4 Å². The van der Waals surface area contributed by atoms with Crippen LogP contribution < -0.4 is 9.77 Å². The van der Waals surface area contributed by atoms with Gasteiger partial charge in [0.1, 0.15) is 5.82 Å². The van der Waals surface area contributed by atoms with Crippen molar-refractivity contribution in [3.63, 3.8) is 0 Å². The highest BCUT2D eigenvalue weighted by Crippen LogP contribution is 2.68. The smallest absolute Gasteiger partial charge is 0.305 e. The summed E-state index contributed by atoms with van der Waals surface area (Å²) in [6.07, 6.45) is 0.849. The van der Waals surface area contributed by atoms with Crippen molar-refractivity contribution in [3.05, 3.63) is 80.0 Å². The van der Waals surface area contributed by atoms with Crippen LogP contribution in [0.5, 0.6) is 0 Å². The highest BCUT2D eigenvalue weighted by atomic mass is 32.2. The fourth-order valence-corrected chi connectivity index (χ4v) is 10.3. The van der Waals surface area contributed by atoms with Gasteiger partial charge in [-0.15, -0.1) is 11.8 Å². The average Bonchev–Trinajstić information content (AvgIpc) is 3.58. The molecule has 2 aliphatic heterocycles. The Morgan fingerprint density at radius 3 is 2.22 bits per heavy atom. The number of aromatic nitrogens is 1. The van der Waals surface area contributed by atoms with Crippen LogP contribution in [-0.2, 0) is 15.0 Å². The van der Waals surface area contributed by atoms with Gasteiger partial charge in [-0.3, -0.25) is 19.3 Å². The zero-order chi connectivity index (χ0) is 25.8. The van der Waals surface area contributed by atoms with Crippen molar-refractivity contribution in [1.29, 1.82) is 0 Å². The van der Waals surface area contributed by atoms with Crippen molar-refractivity contribution in [2.45, 2.75) is 48.8 Å². The fourth-order valence-electron chi connectivity index (χ4n) is 7.43. The van der Waals surface area contributed by atoms with E-state index in [-0.39, 0.29) is 62.9 Å². The van der Waals surface area contributed by atoms with E-state index in [0.29, 0.717) is 5.69 Å². The Balaban J connectivity index is 1.30. The number of H-pyrrole nitrogens is 1. The molecule has 7 rings (SSSR count). The topological polar surface area (TPSA) is 70.2 Å². The lowest BCUT2D eigenvalue weighted by Crippen LogP contribution is -2.42. The molecule has 2 aliphatic carbocycles. The summed E-state index contributed by atoms with van der Waals surface area (Å²) in [5.74, 6) is -1.13. The molecule has 2 saturated carbocycles. The maximum atomic E-state index is 13.7. The van der Waals surface area contributed by atoms with E-state index >= 15 is 0 Å². The lowest BCUT2D eigenvalue weighted by molar-refractivity contribution is -0.123. The maximum absolute atomic E-state index is 13.7. The van der Waals surface area contributed by atoms with Crippen molar-refractivity contribution >= 4 is 40.6 Å². The first-order chi connectivity index (χ1) is 17.6. The highest BCUT2D eigenvalue weighted by molar-refractivity contribution is 8.00.